The zero-order chi connectivity index (χ0) is 12.2. The molecule has 90 valence electrons. The van der Waals surface area contributed by atoms with Crippen molar-refractivity contribution in [2.75, 3.05) is 6.26 Å². The molecule has 0 heterocycles. The molecule has 1 aromatic carbocycles. The number of hydrogen-bond donors (Lipinski definition) is 2. The molecular weight excluding hydrogens is 226 g/mol. The van der Waals surface area contributed by atoms with E-state index >= 15 is 0 Å². The van der Waals surface area contributed by atoms with Gasteiger partial charge in [0.1, 0.15) is 5.75 Å². The Labute approximate surface area is 96.4 Å². The van der Waals surface area contributed by atoms with Crippen LogP contribution in [0.5, 0.6) is 5.75 Å². The van der Waals surface area contributed by atoms with Crippen molar-refractivity contribution in [3.05, 3.63) is 29.8 Å². The Morgan fingerprint density at radius 2 is 1.88 bits per heavy atom. The molecule has 5 heteroatoms. The number of benzene rings is 1. The van der Waals surface area contributed by atoms with Crippen molar-refractivity contribution < 1.29 is 13.5 Å². The fourth-order valence-electron chi connectivity index (χ4n) is 1.47. The normalized spacial score (nSPS) is 13.6. The Kier molecular flexibility index (Phi) is 4.32. The lowest BCUT2D eigenvalue weighted by atomic mass is 10.1. The molecule has 1 atom stereocenters. The highest BCUT2D eigenvalue weighted by Gasteiger charge is 2.08. The van der Waals surface area contributed by atoms with Crippen LogP contribution in [0.15, 0.2) is 24.3 Å². The van der Waals surface area contributed by atoms with Crippen LogP contribution in [0.1, 0.15) is 18.9 Å². The number of hydrogen-bond acceptors (Lipinski definition) is 3. The number of phenols is 1. The van der Waals surface area contributed by atoms with E-state index < -0.39 is 10.0 Å². The van der Waals surface area contributed by atoms with Gasteiger partial charge < -0.3 is 5.11 Å². The van der Waals surface area contributed by atoms with Crippen LogP contribution >= 0.6 is 0 Å². The third kappa shape index (κ3) is 5.14. The summed E-state index contributed by atoms with van der Waals surface area (Å²) < 4.78 is 24.4. The summed E-state index contributed by atoms with van der Waals surface area (Å²) in [6, 6.07) is 6.85. The average molecular weight is 243 g/mol. The summed E-state index contributed by atoms with van der Waals surface area (Å²) in [6.45, 7) is 1.83. The van der Waals surface area contributed by atoms with Crippen LogP contribution in [0.2, 0.25) is 0 Å². The molecule has 0 aliphatic rings. The van der Waals surface area contributed by atoms with Gasteiger partial charge >= 0.3 is 0 Å². The molecule has 4 nitrogen and oxygen atoms in total. The van der Waals surface area contributed by atoms with Gasteiger partial charge in [0.05, 0.1) is 6.26 Å². The van der Waals surface area contributed by atoms with E-state index in [0.29, 0.717) is 0 Å². The highest BCUT2D eigenvalue weighted by Crippen LogP contribution is 2.11. The summed E-state index contributed by atoms with van der Waals surface area (Å²) in [5.74, 6) is 0.242. The first-order valence-corrected chi connectivity index (χ1v) is 7.01. The van der Waals surface area contributed by atoms with Crippen molar-refractivity contribution in [3.63, 3.8) is 0 Å². The first-order chi connectivity index (χ1) is 7.37. The predicted molar refractivity (Wildman–Crippen MR) is 63.9 cm³/mol. The minimum absolute atomic E-state index is 0.0798. The quantitative estimate of drug-likeness (QED) is 0.818. The molecule has 1 aromatic rings. The van der Waals surface area contributed by atoms with Crippen LogP contribution in [0.4, 0.5) is 0 Å². The largest absolute Gasteiger partial charge is 0.508 e. The van der Waals surface area contributed by atoms with Crippen molar-refractivity contribution >= 4 is 10.0 Å². The molecule has 0 aromatic heterocycles. The monoisotopic (exact) mass is 243 g/mol. The zero-order valence-electron chi connectivity index (χ0n) is 9.47. The van der Waals surface area contributed by atoms with Gasteiger partial charge in [-0.1, -0.05) is 12.1 Å². The second-order valence-electron chi connectivity index (χ2n) is 4.00. The maximum atomic E-state index is 11.0. The molecule has 0 saturated carbocycles. The average Bonchev–Trinajstić information content (AvgIpc) is 2.14. The van der Waals surface area contributed by atoms with Gasteiger partial charge in [-0.05, 0) is 37.5 Å². The van der Waals surface area contributed by atoms with E-state index in [9.17, 15) is 8.42 Å². The fraction of sp³-hybridized carbons (Fsp3) is 0.455. The first kappa shape index (κ1) is 13.0. The van der Waals surface area contributed by atoms with Gasteiger partial charge in [0.15, 0.2) is 0 Å². The number of aryl methyl sites for hydroxylation is 1. The summed E-state index contributed by atoms with van der Waals surface area (Å²) >= 11 is 0. The third-order valence-electron chi connectivity index (χ3n) is 2.22. The molecule has 2 N–H and O–H groups in total. The molecule has 0 spiro atoms. The van der Waals surface area contributed by atoms with Crippen molar-refractivity contribution in [3.8, 4) is 5.75 Å². The smallest absolute Gasteiger partial charge is 0.208 e. The van der Waals surface area contributed by atoms with Crippen LogP contribution in [0, 0.1) is 0 Å². The van der Waals surface area contributed by atoms with Crippen LogP contribution in [0.3, 0.4) is 0 Å². The summed E-state index contributed by atoms with van der Waals surface area (Å²) in [5.41, 5.74) is 1.08. The molecule has 0 bridgehead atoms. The second kappa shape index (κ2) is 5.32. The van der Waals surface area contributed by atoms with Crippen molar-refractivity contribution in [2.45, 2.75) is 25.8 Å². The van der Waals surface area contributed by atoms with E-state index in [-0.39, 0.29) is 11.8 Å². The lowest BCUT2D eigenvalue weighted by Crippen LogP contribution is -2.31. The Morgan fingerprint density at radius 3 is 2.38 bits per heavy atom. The second-order valence-corrected chi connectivity index (χ2v) is 5.78. The molecule has 0 saturated heterocycles. The van der Waals surface area contributed by atoms with Gasteiger partial charge in [-0.25, -0.2) is 13.1 Å². The Morgan fingerprint density at radius 1 is 1.31 bits per heavy atom. The first-order valence-electron chi connectivity index (χ1n) is 5.12. The van der Waals surface area contributed by atoms with Crippen LogP contribution in [0.25, 0.3) is 0 Å². The fourth-order valence-corrected chi connectivity index (χ4v) is 2.32. The van der Waals surface area contributed by atoms with Crippen molar-refractivity contribution in [1.29, 1.82) is 0 Å². The van der Waals surface area contributed by atoms with Gasteiger partial charge in [-0.3, -0.25) is 0 Å². The van der Waals surface area contributed by atoms with Crippen molar-refractivity contribution in [2.24, 2.45) is 0 Å². The molecule has 0 radical (unpaired) electrons. The van der Waals surface area contributed by atoms with E-state index in [2.05, 4.69) is 4.72 Å². The van der Waals surface area contributed by atoms with E-state index in [1.54, 1.807) is 12.1 Å². The van der Waals surface area contributed by atoms with Gasteiger partial charge in [-0.15, -0.1) is 0 Å². The molecule has 16 heavy (non-hydrogen) atoms. The molecule has 0 aliphatic carbocycles. The lowest BCUT2D eigenvalue weighted by Gasteiger charge is -2.11. The van der Waals surface area contributed by atoms with Gasteiger partial charge in [0, 0.05) is 6.04 Å². The Bertz CT molecular complexity index is 425. The summed E-state index contributed by atoms with van der Waals surface area (Å²) in [7, 11) is -3.12. The summed E-state index contributed by atoms with van der Waals surface area (Å²) in [6.07, 6.45) is 2.67. The minimum atomic E-state index is -3.12. The SMILES string of the molecule is CC(CCc1ccc(O)cc1)NS(C)(=O)=O. The number of rotatable bonds is 5. The topological polar surface area (TPSA) is 66.4 Å². The van der Waals surface area contributed by atoms with Crippen LogP contribution in [-0.4, -0.2) is 25.8 Å². The summed E-state index contributed by atoms with van der Waals surface area (Å²) in [5, 5.41) is 9.10. The molecule has 0 amide bonds. The maximum absolute atomic E-state index is 11.0. The lowest BCUT2D eigenvalue weighted by molar-refractivity contribution is 0.475. The number of nitrogens with one attached hydrogen (secondary N) is 1. The third-order valence-corrected chi connectivity index (χ3v) is 3.05. The number of phenolic OH excluding ortho intramolecular Hbond substituents is 1. The van der Waals surface area contributed by atoms with Gasteiger partial charge in [0.25, 0.3) is 0 Å². The standard InChI is InChI=1S/C11H17NO3S/c1-9(12-16(2,14)15)3-4-10-5-7-11(13)8-6-10/h5-9,12-13H,3-4H2,1-2H3. The molecule has 0 fully saturated rings. The van der Waals surface area contributed by atoms with E-state index in [4.69, 9.17) is 5.11 Å². The highest BCUT2D eigenvalue weighted by molar-refractivity contribution is 7.88. The van der Waals surface area contributed by atoms with E-state index in [1.165, 1.54) is 0 Å². The van der Waals surface area contributed by atoms with E-state index in [1.807, 2.05) is 19.1 Å². The molecule has 1 rings (SSSR count). The van der Waals surface area contributed by atoms with Gasteiger partial charge in [0.2, 0.25) is 10.0 Å². The Balaban J connectivity index is 2.43. The van der Waals surface area contributed by atoms with E-state index in [0.717, 1.165) is 24.7 Å². The molecule has 1 unspecified atom stereocenters. The molecule has 0 aliphatic heterocycles. The molecular formula is C11H17NO3S. The predicted octanol–water partition coefficient (Wildman–Crippen LogP) is 1.26. The van der Waals surface area contributed by atoms with Crippen LogP contribution < -0.4 is 4.72 Å². The summed E-state index contributed by atoms with van der Waals surface area (Å²) in [4.78, 5) is 0. The number of aromatic hydroxyl groups is 1. The Hall–Kier alpha value is -1.07. The van der Waals surface area contributed by atoms with Crippen molar-refractivity contribution in [1.82, 2.24) is 4.72 Å². The highest BCUT2D eigenvalue weighted by atomic mass is 32.2. The number of sulfonamides is 1. The maximum Gasteiger partial charge on any atom is 0.208 e. The zero-order valence-corrected chi connectivity index (χ0v) is 10.3. The van der Waals surface area contributed by atoms with Crippen LogP contribution in [-0.2, 0) is 16.4 Å². The van der Waals surface area contributed by atoms with Gasteiger partial charge in [-0.2, -0.15) is 0 Å². The minimum Gasteiger partial charge on any atom is -0.508 e.